The quantitative estimate of drug-likeness (QED) is 0.674. The Kier molecular flexibility index (Phi) is 2.82. The molecule has 0 saturated carbocycles. The first-order valence-electron chi connectivity index (χ1n) is 4.20. The molecular formula is C10H14O2. The molecule has 1 aliphatic carbocycles. The highest BCUT2D eigenvalue weighted by molar-refractivity contribution is 5.97. The van der Waals surface area contributed by atoms with Crippen LogP contribution in [-0.2, 0) is 4.79 Å². The minimum atomic E-state index is -0.891. The number of aliphatic hydroxyl groups is 1. The van der Waals surface area contributed by atoms with Gasteiger partial charge in [-0.05, 0) is 24.0 Å². The monoisotopic (exact) mass is 166 g/mol. The van der Waals surface area contributed by atoms with Crippen molar-refractivity contribution in [1.29, 1.82) is 0 Å². The maximum absolute atomic E-state index is 11.0. The minimum Gasteiger partial charge on any atom is -0.381 e. The van der Waals surface area contributed by atoms with Gasteiger partial charge in [-0.2, -0.15) is 0 Å². The molecule has 1 rings (SSSR count). The van der Waals surface area contributed by atoms with Crippen LogP contribution in [0.15, 0.2) is 23.8 Å². The van der Waals surface area contributed by atoms with Crippen molar-refractivity contribution in [2.24, 2.45) is 5.92 Å². The second-order valence-electron chi connectivity index (χ2n) is 3.50. The van der Waals surface area contributed by atoms with E-state index in [4.69, 9.17) is 0 Å². The first kappa shape index (κ1) is 9.20. The second-order valence-corrected chi connectivity index (χ2v) is 3.50. The molecule has 0 aliphatic heterocycles. The summed E-state index contributed by atoms with van der Waals surface area (Å²) < 4.78 is 0. The number of hydrogen-bond acceptors (Lipinski definition) is 2. The highest BCUT2D eigenvalue weighted by atomic mass is 16.3. The molecular weight excluding hydrogens is 152 g/mol. The standard InChI is InChI=1S/C10H14O2/c1-7(2)6-8-4-3-5-9(11)10(8)12/h3-5,7,10,12H,6H2,1-2H3. The SMILES string of the molecule is CC(C)CC1=CC=CC(=O)C1O. The van der Waals surface area contributed by atoms with E-state index in [1.54, 1.807) is 6.08 Å². The molecule has 0 fully saturated rings. The van der Waals surface area contributed by atoms with Crippen LogP contribution in [0, 0.1) is 5.92 Å². The van der Waals surface area contributed by atoms with Crippen LogP contribution < -0.4 is 0 Å². The molecule has 0 spiro atoms. The van der Waals surface area contributed by atoms with Gasteiger partial charge in [-0.3, -0.25) is 4.79 Å². The Morgan fingerprint density at radius 3 is 2.83 bits per heavy atom. The minimum absolute atomic E-state index is 0.201. The average Bonchev–Trinajstić information content (AvgIpc) is 1.98. The molecule has 0 aromatic carbocycles. The van der Waals surface area contributed by atoms with E-state index in [0.29, 0.717) is 5.92 Å². The zero-order chi connectivity index (χ0) is 9.14. The molecule has 0 amide bonds. The topological polar surface area (TPSA) is 37.3 Å². The van der Waals surface area contributed by atoms with E-state index in [9.17, 15) is 9.90 Å². The number of allylic oxidation sites excluding steroid dienone is 2. The zero-order valence-electron chi connectivity index (χ0n) is 7.45. The molecule has 1 aliphatic rings. The molecule has 0 heterocycles. The summed E-state index contributed by atoms with van der Waals surface area (Å²) in [5.41, 5.74) is 0.831. The Bertz CT molecular complexity index is 236. The van der Waals surface area contributed by atoms with Gasteiger partial charge in [0.15, 0.2) is 5.78 Å². The van der Waals surface area contributed by atoms with E-state index >= 15 is 0 Å². The molecule has 2 nitrogen and oxygen atoms in total. The Morgan fingerprint density at radius 2 is 2.25 bits per heavy atom. The summed E-state index contributed by atoms with van der Waals surface area (Å²) in [5, 5.41) is 9.42. The van der Waals surface area contributed by atoms with Crippen molar-refractivity contribution in [1.82, 2.24) is 0 Å². The van der Waals surface area contributed by atoms with Gasteiger partial charge in [-0.25, -0.2) is 0 Å². The van der Waals surface area contributed by atoms with Gasteiger partial charge < -0.3 is 5.11 Å². The van der Waals surface area contributed by atoms with E-state index in [2.05, 4.69) is 13.8 Å². The van der Waals surface area contributed by atoms with Crippen molar-refractivity contribution in [2.75, 3.05) is 0 Å². The Hall–Kier alpha value is -0.890. The fourth-order valence-electron chi connectivity index (χ4n) is 1.28. The van der Waals surface area contributed by atoms with Crippen LogP contribution in [0.5, 0.6) is 0 Å². The number of ketones is 1. The van der Waals surface area contributed by atoms with Crippen molar-refractivity contribution < 1.29 is 9.90 Å². The lowest BCUT2D eigenvalue weighted by Gasteiger charge is -2.16. The highest BCUT2D eigenvalue weighted by Gasteiger charge is 2.19. The van der Waals surface area contributed by atoms with Crippen molar-refractivity contribution in [3.8, 4) is 0 Å². The highest BCUT2D eigenvalue weighted by Crippen LogP contribution is 2.18. The number of carbonyl (C=O) groups is 1. The van der Waals surface area contributed by atoms with Crippen molar-refractivity contribution in [3.63, 3.8) is 0 Å². The largest absolute Gasteiger partial charge is 0.381 e. The first-order chi connectivity index (χ1) is 5.61. The lowest BCUT2D eigenvalue weighted by atomic mass is 9.93. The van der Waals surface area contributed by atoms with Crippen molar-refractivity contribution in [3.05, 3.63) is 23.8 Å². The Labute approximate surface area is 72.6 Å². The van der Waals surface area contributed by atoms with Gasteiger partial charge in [-0.15, -0.1) is 0 Å². The summed E-state index contributed by atoms with van der Waals surface area (Å²) in [6.07, 6.45) is 4.84. The lowest BCUT2D eigenvalue weighted by Crippen LogP contribution is -2.23. The maximum Gasteiger partial charge on any atom is 0.188 e. The summed E-state index contributed by atoms with van der Waals surface area (Å²) in [7, 11) is 0. The maximum atomic E-state index is 11.0. The molecule has 66 valence electrons. The molecule has 1 atom stereocenters. The molecule has 1 unspecified atom stereocenters. The molecule has 0 aromatic heterocycles. The van der Waals surface area contributed by atoms with Gasteiger partial charge in [0, 0.05) is 0 Å². The zero-order valence-corrected chi connectivity index (χ0v) is 7.45. The summed E-state index contributed by atoms with van der Waals surface area (Å²) >= 11 is 0. The smallest absolute Gasteiger partial charge is 0.188 e. The van der Waals surface area contributed by atoms with Gasteiger partial charge in [0.05, 0.1) is 0 Å². The summed E-state index contributed by atoms with van der Waals surface area (Å²) in [6, 6.07) is 0. The van der Waals surface area contributed by atoms with Crippen LogP contribution in [0.4, 0.5) is 0 Å². The summed E-state index contributed by atoms with van der Waals surface area (Å²) in [5.74, 6) is 0.276. The van der Waals surface area contributed by atoms with Crippen LogP contribution in [0.25, 0.3) is 0 Å². The van der Waals surface area contributed by atoms with Crippen molar-refractivity contribution in [2.45, 2.75) is 26.4 Å². The molecule has 0 aromatic rings. The number of carbonyl (C=O) groups excluding carboxylic acids is 1. The second kappa shape index (κ2) is 3.68. The number of aliphatic hydroxyl groups excluding tert-OH is 1. The predicted octanol–water partition coefficient (Wildman–Crippen LogP) is 1.46. The van der Waals surface area contributed by atoms with E-state index < -0.39 is 6.10 Å². The molecule has 2 heteroatoms. The lowest BCUT2D eigenvalue weighted by molar-refractivity contribution is -0.120. The third kappa shape index (κ3) is 2.05. The van der Waals surface area contributed by atoms with E-state index in [-0.39, 0.29) is 5.78 Å². The first-order valence-corrected chi connectivity index (χ1v) is 4.20. The molecule has 12 heavy (non-hydrogen) atoms. The van der Waals surface area contributed by atoms with Crippen LogP contribution in [0.1, 0.15) is 20.3 Å². The molecule has 1 N–H and O–H groups in total. The van der Waals surface area contributed by atoms with Gasteiger partial charge in [0.1, 0.15) is 6.10 Å². The third-order valence-electron chi connectivity index (χ3n) is 1.84. The van der Waals surface area contributed by atoms with Crippen LogP contribution >= 0.6 is 0 Å². The van der Waals surface area contributed by atoms with E-state index in [1.165, 1.54) is 6.08 Å². The van der Waals surface area contributed by atoms with Gasteiger partial charge in [0.25, 0.3) is 0 Å². The van der Waals surface area contributed by atoms with E-state index in [0.717, 1.165) is 12.0 Å². The number of rotatable bonds is 2. The van der Waals surface area contributed by atoms with Gasteiger partial charge in [-0.1, -0.05) is 26.0 Å². The Morgan fingerprint density at radius 1 is 1.58 bits per heavy atom. The van der Waals surface area contributed by atoms with Gasteiger partial charge >= 0.3 is 0 Å². The summed E-state index contributed by atoms with van der Waals surface area (Å²) in [6.45, 7) is 4.13. The fourth-order valence-corrected chi connectivity index (χ4v) is 1.28. The van der Waals surface area contributed by atoms with Gasteiger partial charge in [0.2, 0.25) is 0 Å². The third-order valence-corrected chi connectivity index (χ3v) is 1.84. The van der Waals surface area contributed by atoms with E-state index in [1.807, 2.05) is 6.08 Å². The normalized spacial score (nSPS) is 23.2. The van der Waals surface area contributed by atoms with Crippen molar-refractivity contribution >= 4 is 5.78 Å². The fraction of sp³-hybridized carbons (Fsp3) is 0.500. The summed E-state index contributed by atoms with van der Waals surface area (Å²) in [4.78, 5) is 11.0. The molecule has 0 bridgehead atoms. The van der Waals surface area contributed by atoms with Crippen LogP contribution in [-0.4, -0.2) is 17.0 Å². The number of hydrogen-bond donors (Lipinski definition) is 1. The molecule has 0 saturated heterocycles. The van der Waals surface area contributed by atoms with Crippen LogP contribution in [0.2, 0.25) is 0 Å². The predicted molar refractivity (Wildman–Crippen MR) is 47.7 cm³/mol. The van der Waals surface area contributed by atoms with Crippen LogP contribution in [0.3, 0.4) is 0 Å². The Balaban J connectivity index is 2.69. The average molecular weight is 166 g/mol. The molecule has 0 radical (unpaired) electrons.